The van der Waals surface area contributed by atoms with Crippen molar-refractivity contribution in [2.75, 3.05) is 0 Å². The van der Waals surface area contributed by atoms with Crippen molar-refractivity contribution >= 4 is 0 Å². The minimum atomic E-state index is 0.865. The Bertz CT molecular complexity index is 661. The molecule has 0 atom stereocenters. The van der Waals surface area contributed by atoms with E-state index >= 15 is 0 Å². The summed E-state index contributed by atoms with van der Waals surface area (Å²) in [5.74, 6) is 0. The van der Waals surface area contributed by atoms with Crippen LogP contribution in [-0.2, 0) is 0 Å². The van der Waals surface area contributed by atoms with Gasteiger partial charge in [0, 0.05) is 29.7 Å². The molecule has 0 radical (unpaired) electrons. The summed E-state index contributed by atoms with van der Waals surface area (Å²) in [5, 5.41) is 0. The second-order valence-corrected chi connectivity index (χ2v) is 4.21. The van der Waals surface area contributed by atoms with Crippen molar-refractivity contribution in [2.24, 2.45) is 0 Å². The van der Waals surface area contributed by atoms with Crippen LogP contribution in [0, 0.1) is 6.92 Å². The highest BCUT2D eigenvalue weighted by molar-refractivity contribution is 5.65. The highest BCUT2D eigenvalue weighted by atomic mass is 14.8. The maximum atomic E-state index is 4.36. The Morgan fingerprint density at radius 2 is 1.37 bits per heavy atom. The van der Waals surface area contributed by atoms with Crippen LogP contribution in [0.3, 0.4) is 0 Å². The van der Waals surface area contributed by atoms with Crippen molar-refractivity contribution < 1.29 is 0 Å². The lowest BCUT2D eigenvalue weighted by Crippen LogP contribution is -1.88. The standard InChI is InChI=1S/C15H12N4/c1-11-8-19-15(10-18-11)13-4-2-12(3-5-13)14-9-16-6-7-17-14/h2-10H,1H3. The number of hydrogen-bond donors (Lipinski definition) is 0. The summed E-state index contributed by atoms with van der Waals surface area (Å²) in [6.45, 7) is 1.92. The number of aromatic nitrogens is 4. The van der Waals surface area contributed by atoms with Crippen molar-refractivity contribution in [1.82, 2.24) is 19.9 Å². The quantitative estimate of drug-likeness (QED) is 0.699. The summed E-state index contributed by atoms with van der Waals surface area (Å²) in [6.07, 6.45) is 8.66. The molecule has 0 aliphatic rings. The van der Waals surface area contributed by atoms with Crippen LogP contribution in [0.25, 0.3) is 22.5 Å². The van der Waals surface area contributed by atoms with Crippen LogP contribution in [0.4, 0.5) is 0 Å². The van der Waals surface area contributed by atoms with Gasteiger partial charge in [0.05, 0.1) is 29.5 Å². The van der Waals surface area contributed by atoms with Crippen molar-refractivity contribution in [3.63, 3.8) is 0 Å². The van der Waals surface area contributed by atoms with Crippen LogP contribution in [0.15, 0.2) is 55.2 Å². The number of hydrogen-bond acceptors (Lipinski definition) is 4. The zero-order chi connectivity index (χ0) is 13.1. The van der Waals surface area contributed by atoms with Gasteiger partial charge in [-0.15, -0.1) is 0 Å². The van der Waals surface area contributed by atoms with Crippen molar-refractivity contribution in [1.29, 1.82) is 0 Å². The number of rotatable bonds is 2. The van der Waals surface area contributed by atoms with E-state index in [0.717, 1.165) is 28.2 Å². The molecular formula is C15H12N4. The van der Waals surface area contributed by atoms with Crippen molar-refractivity contribution in [2.45, 2.75) is 6.92 Å². The molecule has 0 fully saturated rings. The molecule has 19 heavy (non-hydrogen) atoms. The lowest BCUT2D eigenvalue weighted by atomic mass is 10.1. The average Bonchev–Trinajstić information content (AvgIpc) is 2.49. The van der Waals surface area contributed by atoms with E-state index in [0.29, 0.717) is 0 Å². The summed E-state index contributed by atoms with van der Waals surface area (Å²) in [5.41, 5.74) is 4.73. The highest BCUT2D eigenvalue weighted by Gasteiger charge is 2.02. The summed E-state index contributed by atoms with van der Waals surface area (Å²) >= 11 is 0. The average molecular weight is 248 g/mol. The molecule has 3 aromatic rings. The fraction of sp³-hybridized carbons (Fsp3) is 0.0667. The van der Waals surface area contributed by atoms with Gasteiger partial charge in [-0.1, -0.05) is 24.3 Å². The summed E-state index contributed by atoms with van der Waals surface area (Å²) in [7, 11) is 0. The van der Waals surface area contributed by atoms with E-state index in [1.807, 2.05) is 31.2 Å². The largest absolute Gasteiger partial charge is 0.261 e. The predicted octanol–water partition coefficient (Wildman–Crippen LogP) is 2.91. The third-order valence-corrected chi connectivity index (χ3v) is 2.82. The van der Waals surface area contributed by atoms with Crippen LogP contribution in [-0.4, -0.2) is 19.9 Å². The first-order valence-corrected chi connectivity index (χ1v) is 5.98. The van der Waals surface area contributed by atoms with Gasteiger partial charge in [-0.2, -0.15) is 0 Å². The Morgan fingerprint density at radius 1 is 0.684 bits per heavy atom. The summed E-state index contributed by atoms with van der Waals surface area (Å²) in [6, 6.07) is 8.06. The second kappa shape index (κ2) is 4.94. The van der Waals surface area contributed by atoms with Gasteiger partial charge in [0.25, 0.3) is 0 Å². The molecular weight excluding hydrogens is 236 g/mol. The Kier molecular flexibility index (Phi) is 2.98. The molecule has 3 rings (SSSR count). The van der Waals surface area contributed by atoms with E-state index in [9.17, 15) is 0 Å². The minimum absolute atomic E-state index is 0.865. The topological polar surface area (TPSA) is 51.6 Å². The lowest BCUT2D eigenvalue weighted by molar-refractivity contribution is 1.12. The van der Waals surface area contributed by atoms with Crippen LogP contribution in [0.1, 0.15) is 5.69 Å². The summed E-state index contributed by atoms with van der Waals surface area (Å²) < 4.78 is 0. The van der Waals surface area contributed by atoms with Gasteiger partial charge >= 0.3 is 0 Å². The molecule has 2 heterocycles. The third kappa shape index (κ3) is 2.47. The van der Waals surface area contributed by atoms with Crippen molar-refractivity contribution in [3.8, 4) is 22.5 Å². The molecule has 0 aliphatic heterocycles. The van der Waals surface area contributed by atoms with Crippen molar-refractivity contribution in [3.05, 3.63) is 60.9 Å². The van der Waals surface area contributed by atoms with E-state index < -0.39 is 0 Å². The second-order valence-electron chi connectivity index (χ2n) is 4.21. The lowest BCUT2D eigenvalue weighted by Gasteiger charge is -2.03. The molecule has 1 aromatic carbocycles. The molecule has 0 unspecified atom stereocenters. The molecule has 0 aliphatic carbocycles. The monoisotopic (exact) mass is 248 g/mol. The van der Waals surface area contributed by atoms with Gasteiger partial charge in [-0.05, 0) is 6.92 Å². The van der Waals surface area contributed by atoms with E-state index in [2.05, 4.69) is 19.9 Å². The Hall–Kier alpha value is -2.62. The van der Waals surface area contributed by atoms with Gasteiger partial charge in [0.15, 0.2) is 0 Å². The zero-order valence-electron chi connectivity index (χ0n) is 10.5. The molecule has 92 valence electrons. The molecule has 0 bridgehead atoms. The fourth-order valence-corrected chi connectivity index (χ4v) is 1.80. The predicted molar refractivity (Wildman–Crippen MR) is 73.2 cm³/mol. The smallest absolute Gasteiger partial charge is 0.0885 e. The third-order valence-electron chi connectivity index (χ3n) is 2.82. The van der Waals surface area contributed by atoms with Gasteiger partial charge in [0.1, 0.15) is 0 Å². The molecule has 2 aromatic heterocycles. The Labute approximate surface area is 111 Å². The molecule has 4 nitrogen and oxygen atoms in total. The molecule has 0 spiro atoms. The molecule has 0 amide bonds. The molecule has 0 saturated carbocycles. The number of nitrogens with zero attached hydrogens (tertiary/aromatic N) is 4. The first kappa shape index (κ1) is 11.5. The summed E-state index contributed by atoms with van der Waals surface area (Å²) in [4.78, 5) is 17.0. The van der Waals surface area contributed by atoms with Gasteiger partial charge in [-0.25, -0.2) is 0 Å². The minimum Gasteiger partial charge on any atom is -0.261 e. The van der Waals surface area contributed by atoms with E-state index in [1.54, 1.807) is 31.0 Å². The Balaban J connectivity index is 1.93. The van der Waals surface area contributed by atoms with E-state index in [4.69, 9.17) is 0 Å². The van der Waals surface area contributed by atoms with Crippen LogP contribution >= 0.6 is 0 Å². The number of benzene rings is 1. The maximum absolute atomic E-state index is 4.36. The highest BCUT2D eigenvalue weighted by Crippen LogP contribution is 2.21. The van der Waals surface area contributed by atoms with E-state index in [-0.39, 0.29) is 0 Å². The molecule has 4 heteroatoms. The van der Waals surface area contributed by atoms with Crippen LogP contribution in [0.5, 0.6) is 0 Å². The molecule has 0 saturated heterocycles. The first-order chi connectivity index (χ1) is 9.33. The van der Waals surface area contributed by atoms with Crippen LogP contribution < -0.4 is 0 Å². The first-order valence-electron chi connectivity index (χ1n) is 5.98. The Morgan fingerprint density at radius 3 is 1.89 bits per heavy atom. The maximum Gasteiger partial charge on any atom is 0.0885 e. The SMILES string of the molecule is Cc1cnc(-c2ccc(-c3cnccn3)cc2)cn1. The van der Waals surface area contributed by atoms with Crippen LogP contribution in [0.2, 0.25) is 0 Å². The normalized spacial score (nSPS) is 10.4. The zero-order valence-corrected chi connectivity index (χ0v) is 10.5. The van der Waals surface area contributed by atoms with Gasteiger partial charge < -0.3 is 0 Å². The molecule has 0 N–H and O–H groups in total. The van der Waals surface area contributed by atoms with Gasteiger partial charge in [-0.3, -0.25) is 19.9 Å². The fourth-order valence-electron chi connectivity index (χ4n) is 1.80. The number of aryl methyl sites for hydroxylation is 1. The van der Waals surface area contributed by atoms with E-state index in [1.165, 1.54) is 0 Å². The van der Waals surface area contributed by atoms with Gasteiger partial charge in [0.2, 0.25) is 0 Å².